The standard InChI is InChI=1S/C16H12FN3O3S/c1-23-10-4-3-8(7-9(10)17)20-13-14(21)11-12(19-6-5-18-11)15(22)16(13)24-2/h3-7,20H,1-2H3. The van der Waals surface area contributed by atoms with Crippen molar-refractivity contribution in [3.63, 3.8) is 0 Å². The number of carbonyl (C=O) groups is 2. The molecule has 0 unspecified atom stereocenters. The number of nitrogens with zero attached hydrogens (tertiary/aromatic N) is 2. The molecule has 1 aromatic heterocycles. The van der Waals surface area contributed by atoms with Gasteiger partial charge in [0.15, 0.2) is 11.6 Å². The monoisotopic (exact) mass is 345 g/mol. The second-order valence-electron chi connectivity index (χ2n) is 4.79. The largest absolute Gasteiger partial charge is 0.494 e. The van der Waals surface area contributed by atoms with Crippen LogP contribution in [0.25, 0.3) is 0 Å². The average Bonchev–Trinajstić information content (AvgIpc) is 2.60. The number of Topliss-reactive ketones (excluding diaryl/α,β-unsaturated/α-hetero) is 2. The van der Waals surface area contributed by atoms with Gasteiger partial charge in [-0.1, -0.05) is 0 Å². The van der Waals surface area contributed by atoms with Gasteiger partial charge in [0.25, 0.3) is 0 Å². The molecule has 1 aliphatic carbocycles. The average molecular weight is 345 g/mol. The predicted molar refractivity (Wildman–Crippen MR) is 87.8 cm³/mol. The third-order valence-corrected chi connectivity index (χ3v) is 4.21. The van der Waals surface area contributed by atoms with Crippen LogP contribution in [-0.2, 0) is 0 Å². The Morgan fingerprint density at radius 1 is 1.12 bits per heavy atom. The molecular weight excluding hydrogens is 333 g/mol. The van der Waals surface area contributed by atoms with Crippen LogP contribution in [-0.4, -0.2) is 34.9 Å². The summed E-state index contributed by atoms with van der Waals surface area (Å²) < 4.78 is 18.7. The molecule has 6 nitrogen and oxygen atoms in total. The van der Waals surface area contributed by atoms with Crippen LogP contribution in [0.15, 0.2) is 41.2 Å². The first-order valence-electron chi connectivity index (χ1n) is 6.86. The van der Waals surface area contributed by atoms with E-state index in [1.54, 1.807) is 12.3 Å². The summed E-state index contributed by atoms with van der Waals surface area (Å²) in [6.45, 7) is 0. The second-order valence-corrected chi connectivity index (χ2v) is 5.61. The lowest BCUT2D eigenvalue weighted by molar-refractivity contribution is 0.0975. The van der Waals surface area contributed by atoms with Crippen LogP contribution in [0.3, 0.4) is 0 Å². The number of carbonyl (C=O) groups excluding carboxylic acids is 2. The van der Waals surface area contributed by atoms with Gasteiger partial charge in [-0.05, 0) is 18.4 Å². The zero-order chi connectivity index (χ0) is 17.3. The highest BCUT2D eigenvalue weighted by atomic mass is 32.2. The maximum Gasteiger partial charge on any atom is 0.231 e. The number of methoxy groups -OCH3 is 1. The van der Waals surface area contributed by atoms with Crippen LogP contribution in [0.4, 0.5) is 10.1 Å². The fraction of sp³-hybridized carbons (Fsp3) is 0.125. The minimum Gasteiger partial charge on any atom is -0.494 e. The molecule has 0 aliphatic heterocycles. The number of nitrogens with one attached hydrogen (secondary N) is 1. The summed E-state index contributed by atoms with van der Waals surface area (Å²) in [5.41, 5.74) is 0.392. The Morgan fingerprint density at radius 2 is 1.79 bits per heavy atom. The summed E-state index contributed by atoms with van der Waals surface area (Å²) in [6, 6.07) is 4.17. The molecule has 3 rings (SSSR count). The lowest BCUT2D eigenvalue weighted by atomic mass is 10.0. The number of ketones is 2. The quantitative estimate of drug-likeness (QED) is 0.912. The van der Waals surface area contributed by atoms with Crippen molar-refractivity contribution in [1.82, 2.24) is 9.97 Å². The molecule has 0 spiro atoms. The number of anilines is 1. The van der Waals surface area contributed by atoms with E-state index in [0.717, 1.165) is 11.8 Å². The minimum atomic E-state index is -0.580. The number of thioether (sulfide) groups is 1. The fourth-order valence-corrected chi connectivity index (χ4v) is 2.94. The summed E-state index contributed by atoms with van der Waals surface area (Å²) >= 11 is 1.12. The summed E-state index contributed by atoms with van der Waals surface area (Å²) in [4.78, 5) is 33.2. The van der Waals surface area contributed by atoms with Gasteiger partial charge >= 0.3 is 0 Å². The maximum absolute atomic E-state index is 13.8. The van der Waals surface area contributed by atoms with Gasteiger partial charge in [-0.15, -0.1) is 11.8 Å². The van der Waals surface area contributed by atoms with Crippen molar-refractivity contribution in [1.29, 1.82) is 0 Å². The SMILES string of the molecule is COc1ccc(NC2=C(SC)C(=O)c3nccnc3C2=O)cc1F. The van der Waals surface area contributed by atoms with Crippen LogP contribution in [0.2, 0.25) is 0 Å². The number of halogens is 1. The zero-order valence-electron chi connectivity index (χ0n) is 12.8. The minimum absolute atomic E-state index is 0.0169. The summed E-state index contributed by atoms with van der Waals surface area (Å²) in [7, 11) is 1.36. The van der Waals surface area contributed by atoms with Gasteiger partial charge in [-0.25, -0.2) is 14.4 Å². The van der Waals surface area contributed by atoms with Gasteiger partial charge in [-0.2, -0.15) is 0 Å². The van der Waals surface area contributed by atoms with Crippen LogP contribution in [0.1, 0.15) is 21.0 Å². The highest BCUT2D eigenvalue weighted by molar-refractivity contribution is 8.03. The van der Waals surface area contributed by atoms with E-state index < -0.39 is 11.6 Å². The lowest BCUT2D eigenvalue weighted by Gasteiger charge is -2.19. The van der Waals surface area contributed by atoms with Gasteiger partial charge < -0.3 is 10.1 Å². The molecule has 1 N–H and O–H groups in total. The predicted octanol–water partition coefficient (Wildman–Crippen LogP) is 2.69. The molecular formula is C16H12FN3O3S. The second kappa shape index (κ2) is 6.40. The lowest BCUT2D eigenvalue weighted by Crippen LogP contribution is -2.27. The van der Waals surface area contributed by atoms with Crippen molar-refractivity contribution in [2.75, 3.05) is 18.7 Å². The molecule has 2 aromatic rings. The van der Waals surface area contributed by atoms with Crippen molar-refractivity contribution in [2.45, 2.75) is 0 Å². The van der Waals surface area contributed by atoms with Crippen LogP contribution in [0, 0.1) is 5.82 Å². The number of hydrogen-bond donors (Lipinski definition) is 1. The topological polar surface area (TPSA) is 81.2 Å². The van der Waals surface area contributed by atoms with Crippen molar-refractivity contribution >= 4 is 29.0 Å². The van der Waals surface area contributed by atoms with Crippen LogP contribution in [0.5, 0.6) is 5.75 Å². The van der Waals surface area contributed by atoms with Crippen molar-refractivity contribution in [3.8, 4) is 5.75 Å². The molecule has 0 saturated heterocycles. The van der Waals surface area contributed by atoms with E-state index in [4.69, 9.17) is 4.74 Å². The number of aromatic nitrogens is 2. The molecule has 122 valence electrons. The normalized spacial score (nSPS) is 13.8. The molecule has 0 fully saturated rings. The molecule has 1 aromatic carbocycles. The summed E-state index contributed by atoms with van der Waals surface area (Å²) in [5, 5.41) is 2.82. The molecule has 0 atom stereocenters. The van der Waals surface area contributed by atoms with E-state index in [2.05, 4.69) is 15.3 Å². The summed E-state index contributed by atoms with van der Waals surface area (Å²) in [6.07, 6.45) is 4.39. The summed E-state index contributed by atoms with van der Waals surface area (Å²) in [5.74, 6) is -1.34. The molecule has 0 saturated carbocycles. The van der Waals surface area contributed by atoms with Crippen molar-refractivity contribution < 1.29 is 18.7 Å². The molecule has 1 heterocycles. The molecule has 0 bridgehead atoms. The van der Waals surface area contributed by atoms with Crippen molar-refractivity contribution in [3.05, 3.63) is 58.4 Å². The third kappa shape index (κ3) is 2.65. The first kappa shape index (κ1) is 16.1. The Kier molecular flexibility index (Phi) is 4.30. The van der Waals surface area contributed by atoms with E-state index in [1.807, 2.05) is 0 Å². The fourth-order valence-electron chi connectivity index (χ4n) is 2.31. The number of rotatable bonds is 4. The Morgan fingerprint density at radius 3 is 2.38 bits per heavy atom. The van der Waals surface area contributed by atoms with Gasteiger partial charge in [-0.3, -0.25) is 9.59 Å². The number of allylic oxidation sites excluding steroid dienone is 2. The Hall–Kier alpha value is -2.74. The number of ether oxygens (including phenoxy) is 1. The van der Waals surface area contributed by atoms with Gasteiger partial charge in [0.2, 0.25) is 11.6 Å². The van der Waals surface area contributed by atoms with E-state index >= 15 is 0 Å². The van der Waals surface area contributed by atoms with Crippen LogP contribution < -0.4 is 10.1 Å². The first-order valence-corrected chi connectivity index (χ1v) is 8.08. The first-order chi connectivity index (χ1) is 11.6. The van der Waals surface area contributed by atoms with E-state index in [1.165, 1.54) is 31.6 Å². The van der Waals surface area contributed by atoms with E-state index in [0.29, 0.717) is 5.69 Å². The van der Waals surface area contributed by atoms with Crippen LogP contribution >= 0.6 is 11.8 Å². The zero-order valence-corrected chi connectivity index (χ0v) is 13.6. The molecule has 24 heavy (non-hydrogen) atoms. The van der Waals surface area contributed by atoms with Crippen molar-refractivity contribution in [2.24, 2.45) is 0 Å². The van der Waals surface area contributed by atoms with E-state index in [-0.39, 0.29) is 33.5 Å². The highest BCUT2D eigenvalue weighted by Crippen LogP contribution is 2.31. The third-order valence-electron chi connectivity index (χ3n) is 3.41. The highest BCUT2D eigenvalue weighted by Gasteiger charge is 2.34. The molecule has 0 amide bonds. The van der Waals surface area contributed by atoms with E-state index in [9.17, 15) is 14.0 Å². The van der Waals surface area contributed by atoms with Gasteiger partial charge in [0.1, 0.15) is 17.1 Å². The number of fused-ring (bicyclic) bond motifs is 1. The maximum atomic E-state index is 13.8. The smallest absolute Gasteiger partial charge is 0.231 e. The number of hydrogen-bond acceptors (Lipinski definition) is 7. The Labute approximate surface area is 141 Å². The van der Waals surface area contributed by atoms with Gasteiger partial charge in [0.05, 0.1) is 12.0 Å². The Balaban J connectivity index is 2.04. The number of benzene rings is 1. The van der Waals surface area contributed by atoms with Gasteiger partial charge in [0, 0.05) is 24.1 Å². The Bertz CT molecular complexity index is 883. The molecule has 1 aliphatic rings. The molecule has 8 heteroatoms. The molecule has 0 radical (unpaired) electrons.